The molecule has 2 nitrogen and oxygen atoms in total. The molecule has 0 bridgehead atoms. The van der Waals surface area contributed by atoms with Gasteiger partial charge in [0.1, 0.15) is 0 Å². The number of hydrogen-bond donors (Lipinski definition) is 2. The minimum absolute atomic E-state index is 0.129. The van der Waals surface area contributed by atoms with Crippen molar-refractivity contribution in [2.45, 2.75) is 31.2 Å². The molecule has 0 aliphatic heterocycles. The Kier molecular flexibility index (Phi) is 3.32. The number of nitrogens with two attached hydrogens (primary N) is 1. The van der Waals surface area contributed by atoms with Crippen molar-refractivity contribution in [1.29, 1.82) is 0 Å². The fourth-order valence-electron chi connectivity index (χ4n) is 2.28. The molecule has 1 aromatic carbocycles. The molecule has 1 saturated carbocycles. The molecule has 1 aliphatic rings. The highest BCUT2D eigenvalue weighted by Gasteiger charge is 2.32. The molecule has 1 fully saturated rings. The smallest absolute Gasteiger partial charge is 0.0496 e. The van der Waals surface area contributed by atoms with E-state index in [-0.39, 0.29) is 5.54 Å². The number of para-hydroxylation sites is 1. The first-order chi connectivity index (χ1) is 7.26. The van der Waals surface area contributed by atoms with Crippen LogP contribution >= 0.6 is 15.9 Å². The second kappa shape index (κ2) is 4.54. The van der Waals surface area contributed by atoms with Crippen LogP contribution in [0.25, 0.3) is 0 Å². The van der Waals surface area contributed by atoms with E-state index in [2.05, 4.69) is 33.4 Å². The monoisotopic (exact) mass is 268 g/mol. The maximum absolute atomic E-state index is 5.89. The predicted octanol–water partition coefficient (Wildman–Crippen LogP) is 3.13. The van der Waals surface area contributed by atoms with Crippen molar-refractivity contribution in [2.75, 3.05) is 11.9 Å². The quantitative estimate of drug-likeness (QED) is 0.884. The van der Waals surface area contributed by atoms with Gasteiger partial charge in [-0.2, -0.15) is 0 Å². The Morgan fingerprint density at radius 1 is 1.27 bits per heavy atom. The second-order valence-electron chi connectivity index (χ2n) is 4.30. The molecule has 3 N–H and O–H groups in total. The van der Waals surface area contributed by atoms with Gasteiger partial charge in [-0.1, -0.05) is 25.0 Å². The number of hydrogen-bond acceptors (Lipinski definition) is 2. The molecule has 3 heteroatoms. The Labute approximate surface area is 99.4 Å². The lowest BCUT2D eigenvalue weighted by Crippen LogP contribution is -2.42. The second-order valence-corrected chi connectivity index (χ2v) is 5.15. The lowest BCUT2D eigenvalue weighted by atomic mass is 9.97. The molecule has 82 valence electrons. The standard InChI is InChI=1S/C12H17BrN2/c13-10-5-1-2-6-11(10)15-12(9-14)7-3-4-8-12/h1-2,5-6,15H,3-4,7-9,14H2. The maximum Gasteiger partial charge on any atom is 0.0496 e. The van der Waals surface area contributed by atoms with Crippen LogP contribution in [-0.2, 0) is 0 Å². The van der Waals surface area contributed by atoms with Crippen molar-refractivity contribution in [3.8, 4) is 0 Å². The zero-order chi connectivity index (χ0) is 10.7. The summed E-state index contributed by atoms with van der Waals surface area (Å²) in [5.74, 6) is 0. The van der Waals surface area contributed by atoms with E-state index in [9.17, 15) is 0 Å². The van der Waals surface area contributed by atoms with Crippen LogP contribution in [0.5, 0.6) is 0 Å². The highest BCUT2D eigenvalue weighted by molar-refractivity contribution is 9.10. The van der Waals surface area contributed by atoms with Gasteiger partial charge in [0.05, 0.1) is 0 Å². The normalized spacial score (nSPS) is 19.1. The molecule has 0 saturated heterocycles. The summed E-state index contributed by atoms with van der Waals surface area (Å²) in [6.07, 6.45) is 4.94. The Morgan fingerprint density at radius 3 is 2.53 bits per heavy atom. The average molecular weight is 269 g/mol. The topological polar surface area (TPSA) is 38.0 Å². The number of rotatable bonds is 3. The highest BCUT2D eigenvalue weighted by Crippen LogP contribution is 2.34. The molecule has 1 aliphatic carbocycles. The minimum atomic E-state index is 0.129. The predicted molar refractivity (Wildman–Crippen MR) is 68.0 cm³/mol. The van der Waals surface area contributed by atoms with Gasteiger partial charge in [-0.3, -0.25) is 0 Å². The van der Waals surface area contributed by atoms with E-state index in [0.717, 1.165) is 10.2 Å². The van der Waals surface area contributed by atoms with Gasteiger partial charge < -0.3 is 11.1 Å². The van der Waals surface area contributed by atoms with Crippen molar-refractivity contribution in [3.05, 3.63) is 28.7 Å². The van der Waals surface area contributed by atoms with E-state index in [1.807, 2.05) is 12.1 Å². The van der Waals surface area contributed by atoms with E-state index >= 15 is 0 Å². The van der Waals surface area contributed by atoms with Gasteiger partial charge in [-0.05, 0) is 40.9 Å². The third-order valence-corrected chi connectivity index (χ3v) is 3.92. The fourth-order valence-corrected chi connectivity index (χ4v) is 2.66. The SMILES string of the molecule is NCC1(Nc2ccccc2Br)CCCC1. The van der Waals surface area contributed by atoms with Gasteiger partial charge in [-0.15, -0.1) is 0 Å². The molecular formula is C12H17BrN2. The molecule has 0 atom stereocenters. The van der Waals surface area contributed by atoms with Crippen LogP contribution in [0.4, 0.5) is 5.69 Å². The zero-order valence-corrected chi connectivity index (χ0v) is 10.4. The van der Waals surface area contributed by atoms with E-state index < -0.39 is 0 Å². The van der Waals surface area contributed by atoms with Gasteiger partial charge in [0.15, 0.2) is 0 Å². The number of nitrogens with one attached hydrogen (secondary N) is 1. The number of halogens is 1. The van der Waals surface area contributed by atoms with E-state index in [1.165, 1.54) is 25.7 Å². The van der Waals surface area contributed by atoms with Crippen molar-refractivity contribution in [1.82, 2.24) is 0 Å². The summed E-state index contributed by atoms with van der Waals surface area (Å²) in [4.78, 5) is 0. The average Bonchev–Trinajstić information content (AvgIpc) is 2.71. The van der Waals surface area contributed by atoms with Gasteiger partial charge in [0.25, 0.3) is 0 Å². The van der Waals surface area contributed by atoms with Gasteiger partial charge in [0, 0.05) is 22.2 Å². The number of anilines is 1. The molecule has 2 rings (SSSR count). The molecule has 0 aromatic heterocycles. The van der Waals surface area contributed by atoms with Crippen LogP contribution < -0.4 is 11.1 Å². The first-order valence-electron chi connectivity index (χ1n) is 5.49. The minimum Gasteiger partial charge on any atom is -0.377 e. The van der Waals surface area contributed by atoms with Crippen molar-refractivity contribution < 1.29 is 0 Å². The summed E-state index contributed by atoms with van der Waals surface area (Å²) in [7, 11) is 0. The van der Waals surface area contributed by atoms with Crippen molar-refractivity contribution >= 4 is 21.6 Å². The summed E-state index contributed by atoms with van der Waals surface area (Å²) >= 11 is 3.55. The Balaban J connectivity index is 2.16. The first-order valence-corrected chi connectivity index (χ1v) is 6.28. The fraction of sp³-hybridized carbons (Fsp3) is 0.500. The first kappa shape index (κ1) is 11.0. The van der Waals surface area contributed by atoms with E-state index in [1.54, 1.807) is 0 Å². The summed E-state index contributed by atoms with van der Waals surface area (Å²) in [5.41, 5.74) is 7.18. The largest absolute Gasteiger partial charge is 0.377 e. The third kappa shape index (κ3) is 2.34. The Bertz CT molecular complexity index is 332. The van der Waals surface area contributed by atoms with Gasteiger partial charge in [0.2, 0.25) is 0 Å². The summed E-state index contributed by atoms with van der Waals surface area (Å²) in [6.45, 7) is 0.717. The lowest BCUT2D eigenvalue weighted by Gasteiger charge is -2.30. The van der Waals surface area contributed by atoms with Crippen LogP contribution in [-0.4, -0.2) is 12.1 Å². The Morgan fingerprint density at radius 2 is 1.93 bits per heavy atom. The maximum atomic E-state index is 5.89. The van der Waals surface area contributed by atoms with Crippen LogP contribution in [0.1, 0.15) is 25.7 Å². The van der Waals surface area contributed by atoms with Crippen LogP contribution in [0.3, 0.4) is 0 Å². The summed E-state index contributed by atoms with van der Waals surface area (Å²) in [6, 6.07) is 8.23. The van der Waals surface area contributed by atoms with Crippen LogP contribution in [0, 0.1) is 0 Å². The molecule has 15 heavy (non-hydrogen) atoms. The molecule has 0 heterocycles. The molecular weight excluding hydrogens is 252 g/mol. The van der Waals surface area contributed by atoms with Gasteiger partial charge in [-0.25, -0.2) is 0 Å². The van der Waals surface area contributed by atoms with Crippen LogP contribution in [0.15, 0.2) is 28.7 Å². The van der Waals surface area contributed by atoms with Crippen molar-refractivity contribution in [3.63, 3.8) is 0 Å². The number of benzene rings is 1. The molecule has 0 radical (unpaired) electrons. The Hall–Kier alpha value is -0.540. The summed E-state index contributed by atoms with van der Waals surface area (Å²) in [5, 5.41) is 3.60. The van der Waals surface area contributed by atoms with E-state index in [4.69, 9.17) is 5.73 Å². The summed E-state index contributed by atoms with van der Waals surface area (Å²) < 4.78 is 1.12. The highest BCUT2D eigenvalue weighted by atomic mass is 79.9. The third-order valence-electron chi connectivity index (χ3n) is 3.23. The molecule has 1 aromatic rings. The van der Waals surface area contributed by atoms with Crippen LogP contribution in [0.2, 0.25) is 0 Å². The molecule has 0 amide bonds. The van der Waals surface area contributed by atoms with Gasteiger partial charge >= 0.3 is 0 Å². The van der Waals surface area contributed by atoms with Crippen molar-refractivity contribution in [2.24, 2.45) is 5.73 Å². The zero-order valence-electron chi connectivity index (χ0n) is 8.80. The molecule has 0 unspecified atom stereocenters. The molecule has 0 spiro atoms. The lowest BCUT2D eigenvalue weighted by molar-refractivity contribution is 0.493. The van der Waals surface area contributed by atoms with E-state index in [0.29, 0.717) is 6.54 Å².